The van der Waals surface area contributed by atoms with Gasteiger partial charge >= 0.3 is 0 Å². The Labute approximate surface area is 147 Å². The highest BCUT2D eigenvalue weighted by atomic mass is 32.2. The van der Waals surface area contributed by atoms with Crippen LogP contribution >= 0.6 is 11.3 Å². The van der Waals surface area contributed by atoms with E-state index in [0.717, 1.165) is 11.3 Å². The number of hydrogen-bond donors (Lipinski definition) is 2. The highest BCUT2D eigenvalue weighted by molar-refractivity contribution is 7.91. The largest absolute Gasteiger partial charge is 0.379 e. The van der Waals surface area contributed by atoms with Gasteiger partial charge in [0.15, 0.2) is 0 Å². The molecule has 0 aromatic carbocycles. The Hall–Kier alpha value is -2.08. The van der Waals surface area contributed by atoms with Crippen molar-refractivity contribution in [1.29, 1.82) is 0 Å². The van der Waals surface area contributed by atoms with Crippen LogP contribution in [0.1, 0.15) is 15.4 Å². The fourth-order valence-corrected chi connectivity index (χ4v) is 5.09. The van der Waals surface area contributed by atoms with Crippen molar-refractivity contribution in [3.8, 4) is 0 Å². The summed E-state index contributed by atoms with van der Waals surface area (Å²) < 4.78 is 31.9. The second-order valence-electron chi connectivity index (χ2n) is 5.23. The molecule has 0 spiro atoms. The first-order valence-electron chi connectivity index (χ1n) is 7.47. The smallest absolute Gasteiger partial charge is 0.272 e. The van der Waals surface area contributed by atoms with Crippen LogP contribution in [0.25, 0.3) is 0 Å². The zero-order valence-corrected chi connectivity index (χ0v) is 14.7. The zero-order chi connectivity index (χ0) is 17.9. The Morgan fingerprint density at radius 1 is 1.28 bits per heavy atom. The lowest BCUT2D eigenvalue weighted by molar-refractivity contribution is 0.0731. The number of carbonyl (C=O) groups excluding carboxylic acids is 1. The van der Waals surface area contributed by atoms with Gasteiger partial charge in [0.05, 0.1) is 19.8 Å². The van der Waals surface area contributed by atoms with Crippen molar-refractivity contribution in [2.45, 2.75) is 10.8 Å². The quantitative estimate of drug-likeness (QED) is 0.735. The Bertz CT molecular complexity index is 895. The van der Waals surface area contributed by atoms with E-state index in [1.807, 2.05) is 0 Å². The molecule has 2 N–H and O–H groups in total. The molecule has 0 unspecified atom stereocenters. The molecule has 3 rings (SSSR count). The van der Waals surface area contributed by atoms with E-state index >= 15 is 0 Å². The third-order valence-corrected chi connectivity index (χ3v) is 6.99. The molecule has 0 atom stereocenters. The van der Waals surface area contributed by atoms with Gasteiger partial charge in [0.1, 0.15) is 9.90 Å². The summed E-state index contributed by atoms with van der Waals surface area (Å²) in [7, 11) is -3.53. The number of amides is 1. The van der Waals surface area contributed by atoms with E-state index in [1.54, 1.807) is 6.07 Å². The number of nitrogens with one attached hydrogen (secondary N) is 2. The normalized spacial score (nSPS) is 15.8. The second kappa shape index (κ2) is 7.44. The van der Waals surface area contributed by atoms with Crippen LogP contribution in [0.2, 0.25) is 0 Å². The molecule has 0 aliphatic carbocycles. The van der Waals surface area contributed by atoms with E-state index in [4.69, 9.17) is 4.74 Å². The van der Waals surface area contributed by atoms with Crippen LogP contribution in [0, 0.1) is 0 Å². The molecule has 1 aliphatic heterocycles. The van der Waals surface area contributed by atoms with E-state index in [1.165, 1.54) is 22.5 Å². The molecule has 1 fully saturated rings. The minimum Gasteiger partial charge on any atom is -0.379 e. The number of morpholine rings is 1. The van der Waals surface area contributed by atoms with Gasteiger partial charge < -0.3 is 10.1 Å². The van der Waals surface area contributed by atoms with E-state index in [-0.39, 0.29) is 16.4 Å². The summed E-state index contributed by atoms with van der Waals surface area (Å²) in [6.45, 7) is 1.62. The molecule has 3 heterocycles. The maximum atomic E-state index is 12.5. The topological polar surface area (TPSA) is 121 Å². The first-order valence-corrected chi connectivity index (χ1v) is 9.73. The second-order valence-corrected chi connectivity index (χ2v) is 8.56. The van der Waals surface area contributed by atoms with Crippen LogP contribution in [0.15, 0.2) is 33.3 Å². The summed E-state index contributed by atoms with van der Waals surface area (Å²) in [6.07, 6.45) is 0. The summed E-state index contributed by atoms with van der Waals surface area (Å²) in [4.78, 5) is 23.6. The maximum Gasteiger partial charge on any atom is 0.272 e. The predicted octanol–water partition coefficient (Wildman–Crippen LogP) is -0.218. The van der Waals surface area contributed by atoms with Gasteiger partial charge in [0.2, 0.25) is 0 Å². The minimum absolute atomic E-state index is 0.0808. The molecule has 1 amide bonds. The molecular formula is C14H16N4O5S2. The Morgan fingerprint density at radius 3 is 2.72 bits per heavy atom. The lowest BCUT2D eigenvalue weighted by Crippen LogP contribution is -2.40. The predicted molar refractivity (Wildman–Crippen MR) is 89.9 cm³/mol. The molecule has 11 heteroatoms. The Kier molecular flexibility index (Phi) is 5.27. The number of aromatic nitrogens is 2. The first kappa shape index (κ1) is 17.7. The summed E-state index contributed by atoms with van der Waals surface area (Å²) in [5.74, 6) is -0.456. The molecule has 2 aromatic heterocycles. The SMILES string of the molecule is O=C(NCc1ccc(S(=O)(=O)N2CCOCC2)s1)c1ccc(=O)[nH]n1. The molecule has 0 bridgehead atoms. The van der Waals surface area contributed by atoms with Crippen molar-refractivity contribution < 1.29 is 17.9 Å². The van der Waals surface area contributed by atoms with Crippen LogP contribution < -0.4 is 10.9 Å². The number of nitrogens with zero attached hydrogens (tertiary/aromatic N) is 2. The Morgan fingerprint density at radius 2 is 2.04 bits per heavy atom. The van der Waals surface area contributed by atoms with E-state index < -0.39 is 21.5 Å². The summed E-state index contributed by atoms with van der Waals surface area (Å²) in [5.41, 5.74) is -0.315. The average Bonchev–Trinajstić information content (AvgIpc) is 3.11. The van der Waals surface area contributed by atoms with Crippen molar-refractivity contribution in [1.82, 2.24) is 19.8 Å². The fourth-order valence-electron chi connectivity index (χ4n) is 2.23. The molecule has 1 aliphatic rings. The summed E-state index contributed by atoms with van der Waals surface area (Å²) in [6, 6.07) is 5.73. The fraction of sp³-hybridized carbons (Fsp3) is 0.357. The Balaban J connectivity index is 1.64. The van der Waals surface area contributed by atoms with Gasteiger partial charge in [0, 0.05) is 24.0 Å². The lowest BCUT2D eigenvalue weighted by atomic mass is 10.3. The zero-order valence-electron chi connectivity index (χ0n) is 13.1. The van der Waals surface area contributed by atoms with Crippen molar-refractivity contribution in [3.63, 3.8) is 0 Å². The van der Waals surface area contributed by atoms with Gasteiger partial charge in [-0.05, 0) is 18.2 Å². The van der Waals surface area contributed by atoms with Gasteiger partial charge in [0.25, 0.3) is 21.5 Å². The molecular weight excluding hydrogens is 368 g/mol. The average molecular weight is 384 g/mol. The van der Waals surface area contributed by atoms with Crippen LogP contribution in [0.5, 0.6) is 0 Å². The molecule has 0 radical (unpaired) electrons. The number of hydrogen-bond acceptors (Lipinski definition) is 7. The molecule has 0 saturated carbocycles. The number of aromatic amines is 1. The summed E-state index contributed by atoms with van der Waals surface area (Å²) in [5, 5.41) is 8.45. The number of ether oxygens (including phenoxy) is 1. The van der Waals surface area contributed by atoms with Crippen LogP contribution in [-0.4, -0.2) is 55.1 Å². The molecule has 134 valence electrons. The highest BCUT2D eigenvalue weighted by Crippen LogP contribution is 2.25. The van der Waals surface area contributed by atoms with Gasteiger partial charge in [-0.15, -0.1) is 11.3 Å². The van der Waals surface area contributed by atoms with E-state index in [2.05, 4.69) is 15.5 Å². The lowest BCUT2D eigenvalue weighted by Gasteiger charge is -2.25. The number of sulfonamides is 1. The number of thiophene rings is 1. The standard InChI is InChI=1S/C14H16N4O5S2/c19-12-3-2-11(16-17-12)14(20)15-9-10-1-4-13(24-10)25(21,22)18-5-7-23-8-6-18/h1-4H,5-9H2,(H,15,20)(H,17,19). The summed E-state index contributed by atoms with van der Waals surface area (Å²) >= 11 is 1.11. The maximum absolute atomic E-state index is 12.5. The van der Waals surface area contributed by atoms with Gasteiger partial charge in [-0.1, -0.05) is 0 Å². The van der Waals surface area contributed by atoms with Gasteiger partial charge in [-0.25, -0.2) is 13.5 Å². The van der Waals surface area contributed by atoms with Crippen LogP contribution in [0.4, 0.5) is 0 Å². The van der Waals surface area contributed by atoms with Crippen molar-refractivity contribution >= 4 is 27.3 Å². The molecule has 9 nitrogen and oxygen atoms in total. The van der Waals surface area contributed by atoms with Crippen LogP contribution in [-0.2, 0) is 21.3 Å². The van der Waals surface area contributed by atoms with Gasteiger partial charge in [-0.3, -0.25) is 9.59 Å². The monoisotopic (exact) mass is 384 g/mol. The number of rotatable bonds is 5. The molecule has 2 aromatic rings. The first-order chi connectivity index (χ1) is 12.0. The number of carbonyl (C=O) groups is 1. The molecule has 25 heavy (non-hydrogen) atoms. The minimum atomic E-state index is -3.53. The van der Waals surface area contributed by atoms with Crippen molar-refractivity contribution in [2.24, 2.45) is 0 Å². The third kappa shape index (κ3) is 4.12. The van der Waals surface area contributed by atoms with Crippen molar-refractivity contribution in [2.75, 3.05) is 26.3 Å². The van der Waals surface area contributed by atoms with Gasteiger partial charge in [-0.2, -0.15) is 9.40 Å². The van der Waals surface area contributed by atoms with Crippen LogP contribution in [0.3, 0.4) is 0 Å². The number of H-pyrrole nitrogens is 1. The molecule has 1 saturated heterocycles. The third-order valence-electron chi connectivity index (χ3n) is 3.54. The highest BCUT2D eigenvalue weighted by Gasteiger charge is 2.27. The van der Waals surface area contributed by atoms with E-state index in [0.29, 0.717) is 31.2 Å². The van der Waals surface area contributed by atoms with E-state index in [9.17, 15) is 18.0 Å². The van der Waals surface area contributed by atoms with Crippen molar-refractivity contribution in [3.05, 3.63) is 45.2 Å².